The topological polar surface area (TPSA) is 43.7 Å². The average Bonchev–Trinajstić information content (AvgIpc) is 2.33. The zero-order valence-corrected chi connectivity index (χ0v) is 11.3. The molecule has 2 aliphatic rings. The molecule has 0 bridgehead atoms. The number of hydrogen-bond acceptors (Lipinski definition) is 3. The molecule has 0 amide bonds. The zero-order valence-electron chi connectivity index (χ0n) is 11.3. The Morgan fingerprint density at radius 2 is 1.88 bits per heavy atom. The molecule has 0 spiro atoms. The van der Waals surface area contributed by atoms with Crippen molar-refractivity contribution in [2.45, 2.75) is 51.0 Å². The Kier molecular flexibility index (Phi) is 3.81. The number of aliphatic hydroxyl groups excluding tert-OH is 1. The summed E-state index contributed by atoms with van der Waals surface area (Å²) in [5, 5.41) is 20.9. The summed E-state index contributed by atoms with van der Waals surface area (Å²) in [7, 11) is 2.11. The summed E-state index contributed by atoms with van der Waals surface area (Å²) in [5.74, 6) is 0.639. The van der Waals surface area contributed by atoms with Crippen molar-refractivity contribution < 1.29 is 10.2 Å². The lowest BCUT2D eigenvalue weighted by molar-refractivity contribution is -0.159. The molecule has 1 saturated carbocycles. The van der Waals surface area contributed by atoms with E-state index in [0.29, 0.717) is 5.92 Å². The quantitative estimate of drug-likeness (QED) is 0.772. The van der Waals surface area contributed by atoms with Gasteiger partial charge in [-0.25, -0.2) is 0 Å². The fourth-order valence-electron chi connectivity index (χ4n) is 3.89. The number of likely N-dealkylation sites (tertiary alicyclic amines) is 1. The third-order valence-electron chi connectivity index (χ3n) is 5.20. The van der Waals surface area contributed by atoms with Gasteiger partial charge in [-0.2, -0.15) is 0 Å². The second-order valence-corrected chi connectivity index (χ2v) is 6.47. The third kappa shape index (κ3) is 2.38. The first kappa shape index (κ1) is 13.3. The predicted octanol–water partition coefficient (Wildman–Crippen LogP) is 1.63. The summed E-state index contributed by atoms with van der Waals surface area (Å²) in [6, 6.07) is 0. The van der Waals surface area contributed by atoms with Gasteiger partial charge < -0.3 is 15.1 Å². The van der Waals surface area contributed by atoms with Crippen LogP contribution >= 0.6 is 0 Å². The summed E-state index contributed by atoms with van der Waals surface area (Å²) in [5.41, 5.74) is -0.866. The van der Waals surface area contributed by atoms with Gasteiger partial charge in [0.25, 0.3) is 0 Å². The van der Waals surface area contributed by atoms with Crippen LogP contribution < -0.4 is 0 Å². The van der Waals surface area contributed by atoms with Gasteiger partial charge in [0.2, 0.25) is 0 Å². The first-order valence-corrected chi connectivity index (χ1v) is 7.03. The minimum Gasteiger partial charge on any atom is -0.396 e. The van der Waals surface area contributed by atoms with Gasteiger partial charge in [-0.1, -0.05) is 19.8 Å². The molecule has 1 aliphatic carbocycles. The van der Waals surface area contributed by atoms with Crippen LogP contribution in [0.25, 0.3) is 0 Å². The molecular weight excluding hydrogens is 214 g/mol. The molecule has 2 fully saturated rings. The van der Waals surface area contributed by atoms with E-state index >= 15 is 0 Å². The highest BCUT2D eigenvalue weighted by molar-refractivity contribution is 5.03. The molecule has 1 saturated heterocycles. The molecule has 2 unspecified atom stereocenters. The van der Waals surface area contributed by atoms with Crippen molar-refractivity contribution in [3.8, 4) is 0 Å². The number of hydrogen-bond donors (Lipinski definition) is 2. The van der Waals surface area contributed by atoms with Crippen LogP contribution in [0, 0.1) is 11.3 Å². The number of aliphatic hydroxyl groups is 2. The van der Waals surface area contributed by atoms with E-state index in [1.165, 1.54) is 6.42 Å². The summed E-state index contributed by atoms with van der Waals surface area (Å²) < 4.78 is 0. The summed E-state index contributed by atoms with van der Waals surface area (Å²) in [6.07, 6.45) is 6.02. The second kappa shape index (κ2) is 4.87. The highest BCUT2D eigenvalue weighted by atomic mass is 16.3. The number of nitrogens with zero attached hydrogens (tertiary/aromatic N) is 1. The van der Waals surface area contributed by atoms with Crippen LogP contribution in [-0.2, 0) is 0 Å². The summed E-state index contributed by atoms with van der Waals surface area (Å²) in [4.78, 5) is 2.27. The maximum Gasteiger partial charge on any atom is 0.0750 e. The van der Waals surface area contributed by atoms with E-state index in [1.807, 2.05) is 0 Å². The van der Waals surface area contributed by atoms with E-state index in [1.54, 1.807) is 0 Å². The largest absolute Gasteiger partial charge is 0.396 e. The Morgan fingerprint density at radius 1 is 1.24 bits per heavy atom. The van der Waals surface area contributed by atoms with E-state index in [-0.39, 0.29) is 12.0 Å². The van der Waals surface area contributed by atoms with Crippen molar-refractivity contribution in [3.63, 3.8) is 0 Å². The van der Waals surface area contributed by atoms with Crippen LogP contribution in [0.4, 0.5) is 0 Å². The van der Waals surface area contributed by atoms with Crippen molar-refractivity contribution in [1.29, 1.82) is 0 Å². The Balaban J connectivity index is 2.15. The molecular formula is C14H27NO2. The number of piperidine rings is 1. The maximum absolute atomic E-state index is 11.0. The molecule has 2 atom stereocenters. The molecule has 0 aromatic rings. The van der Waals surface area contributed by atoms with Crippen molar-refractivity contribution in [2.75, 3.05) is 26.7 Å². The van der Waals surface area contributed by atoms with Crippen molar-refractivity contribution in [2.24, 2.45) is 11.3 Å². The Bertz CT molecular complexity index is 261. The average molecular weight is 241 g/mol. The molecule has 1 aliphatic heterocycles. The molecule has 3 nitrogen and oxygen atoms in total. The first-order valence-electron chi connectivity index (χ1n) is 7.03. The van der Waals surface area contributed by atoms with Gasteiger partial charge in [-0.15, -0.1) is 0 Å². The standard InChI is InChI=1S/C14H27NO2/c1-12-4-3-5-13(10-12,11-16)14(17)6-8-15(2)9-7-14/h12,16-17H,3-11H2,1-2H3. The van der Waals surface area contributed by atoms with Gasteiger partial charge in [0.05, 0.1) is 12.2 Å². The third-order valence-corrected chi connectivity index (χ3v) is 5.20. The van der Waals surface area contributed by atoms with E-state index in [4.69, 9.17) is 0 Å². The molecule has 0 aromatic carbocycles. The molecule has 100 valence electrons. The molecule has 2 N–H and O–H groups in total. The predicted molar refractivity (Wildman–Crippen MR) is 68.8 cm³/mol. The van der Waals surface area contributed by atoms with Gasteiger partial charge in [-0.05, 0) is 38.6 Å². The summed E-state index contributed by atoms with van der Waals surface area (Å²) >= 11 is 0. The van der Waals surface area contributed by atoms with Crippen LogP contribution in [0.2, 0.25) is 0 Å². The highest BCUT2D eigenvalue weighted by Crippen LogP contribution is 2.50. The Labute approximate surface area is 105 Å². The lowest BCUT2D eigenvalue weighted by atomic mass is 9.58. The van der Waals surface area contributed by atoms with E-state index in [2.05, 4.69) is 18.9 Å². The first-order chi connectivity index (χ1) is 8.01. The normalized spacial score (nSPS) is 39.2. The van der Waals surface area contributed by atoms with Gasteiger partial charge in [0.1, 0.15) is 0 Å². The van der Waals surface area contributed by atoms with Gasteiger partial charge >= 0.3 is 0 Å². The highest BCUT2D eigenvalue weighted by Gasteiger charge is 2.51. The van der Waals surface area contributed by atoms with Crippen molar-refractivity contribution in [1.82, 2.24) is 4.90 Å². The molecule has 0 radical (unpaired) electrons. The van der Waals surface area contributed by atoms with Gasteiger partial charge in [0, 0.05) is 18.5 Å². The summed E-state index contributed by atoms with van der Waals surface area (Å²) in [6.45, 7) is 4.30. The Hall–Kier alpha value is -0.120. The monoisotopic (exact) mass is 241 g/mol. The zero-order chi connectivity index (χ0) is 12.5. The van der Waals surface area contributed by atoms with Crippen LogP contribution in [0.5, 0.6) is 0 Å². The van der Waals surface area contributed by atoms with Gasteiger partial charge in [-0.3, -0.25) is 0 Å². The maximum atomic E-state index is 11.0. The van der Waals surface area contributed by atoms with Crippen molar-refractivity contribution in [3.05, 3.63) is 0 Å². The SMILES string of the molecule is CC1CCCC(CO)(C2(O)CCN(C)CC2)C1. The number of rotatable bonds is 2. The fraction of sp³-hybridized carbons (Fsp3) is 1.00. The van der Waals surface area contributed by atoms with Crippen molar-refractivity contribution >= 4 is 0 Å². The lowest BCUT2D eigenvalue weighted by Gasteiger charge is -2.53. The molecule has 2 rings (SSSR count). The minimum atomic E-state index is -0.636. The fourth-order valence-corrected chi connectivity index (χ4v) is 3.89. The van der Waals surface area contributed by atoms with Crippen LogP contribution in [0.1, 0.15) is 45.4 Å². The van der Waals surface area contributed by atoms with Crippen LogP contribution in [0.3, 0.4) is 0 Å². The van der Waals surface area contributed by atoms with E-state index in [0.717, 1.165) is 45.2 Å². The van der Waals surface area contributed by atoms with Crippen LogP contribution in [0.15, 0.2) is 0 Å². The minimum absolute atomic E-state index is 0.150. The molecule has 1 heterocycles. The lowest BCUT2D eigenvalue weighted by Crippen LogP contribution is -2.57. The molecule has 3 heteroatoms. The van der Waals surface area contributed by atoms with Gasteiger partial charge in [0.15, 0.2) is 0 Å². The van der Waals surface area contributed by atoms with E-state index < -0.39 is 5.60 Å². The molecule has 0 aromatic heterocycles. The smallest absolute Gasteiger partial charge is 0.0750 e. The van der Waals surface area contributed by atoms with E-state index in [9.17, 15) is 10.2 Å². The second-order valence-electron chi connectivity index (χ2n) is 6.47. The Morgan fingerprint density at radius 3 is 2.41 bits per heavy atom. The molecule has 17 heavy (non-hydrogen) atoms. The van der Waals surface area contributed by atoms with Crippen LogP contribution in [-0.4, -0.2) is 47.5 Å².